The van der Waals surface area contributed by atoms with Crippen LogP contribution in [-0.4, -0.2) is 17.0 Å². The summed E-state index contributed by atoms with van der Waals surface area (Å²) in [6.45, 7) is 0. The fraction of sp³-hybridized carbons (Fsp3) is 0.889. The Morgan fingerprint density at radius 1 is 1.21 bits per heavy atom. The van der Waals surface area contributed by atoms with Gasteiger partial charge in [-0.3, -0.25) is 4.79 Å². The number of ketones is 1. The molecule has 0 N–H and O–H groups in total. The van der Waals surface area contributed by atoms with Crippen molar-refractivity contribution in [1.29, 1.82) is 0 Å². The molecule has 0 saturated heterocycles. The third kappa shape index (κ3) is 4.35. The van der Waals surface area contributed by atoms with Crippen LogP contribution in [0.25, 0.3) is 0 Å². The lowest BCUT2D eigenvalue weighted by Gasteiger charge is -2.20. The number of halogens is 3. The highest BCUT2D eigenvalue weighted by Gasteiger charge is 2.31. The van der Waals surface area contributed by atoms with Crippen molar-refractivity contribution in [2.75, 3.05) is 5.75 Å². The first-order valence-electron chi connectivity index (χ1n) is 4.72. The van der Waals surface area contributed by atoms with Crippen molar-refractivity contribution >= 4 is 17.5 Å². The third-order valence-corrected chi connectivity index (χ3v) is 3.19. The lowest BCUT2D eigenvalue weighted by molar-refractivity contribution is -0.121. The number of hydrogen-bond acceptors (Lipinski definition) is 2. The van der Waals surface area contributed by atoms with E-state index >= 15 is 0 Å². The van der Waals surface area contributed by atoms with E-state index in [-0.39, 0.29) is 23.5 Å². The van der Waals surface area contributed by atoms with Crippen molar-refractivity contribution in [3.05, 3.63) is 0 Å². The van der Waals surface area contributed by atoms with E-state index in [1.165, 1.54) is 0 Å². The molecule has 0 unspecified atom stereocenters. The number of thioether (sulfide) groups is 1. The van der Waals surface area contributed by atoms with Crippen LogP contribution in [0, 0.1) is 5.92 Å². The van der Waals surface area contributed by atoms with Gasteiger partial charge in [0.15, 0.2) is 0 Å². The zero-order valence-corrected chi connectivity index (χ0v) is 8.59. The summed E-state index contributed by atoms with van der Waals surface area (Å²) in [6.07, 6.45) is 4.62. The number of rotatable bonds is 3. The second kappa shape index (κ2) is 5.05. The minimum atomic E-state index is -4.27. The molecule has 1 aliphatic carbocycles. The highest BCUT2D eigenvalue weighted by atomic mass is 32.2. The first-order chi connectivity index (χ1) is 6.49. The van der Waals surface area contributed by atoms with Gasteiger partial charge >= 0.3 is 5.51 Å². The van der Waals surface area contributed by atoms with Gasteiger partial charge in [-0.1, -0.05) is 19.3 Å². The van der Waals surface area contributed by atoms with Gasteiger partial charge in [-0.15, -0.1) is 0 Å². The largest absolute Gasteiger partial charge is 0.442 e. The van der Waals surface area contributed by atoms with Gasteiger partial charge in [-0.2, -0.15) is 13.2 Å². The molecule has 0 aromatic rings. The molecule has 0 radical (unpaired) electrons. The molecule has 0 bridgehead atoms. The molecule has 14 heavy (non-hydrogen) atoms. The molecule has 0 heterocycles. The van der Waals surface area contributed by atoms with E-state index in [4.69, 9.17) is 0 Å². The third-order valence-electron chi connectivity index (χ3n) is 2.44. The molecular formula is C9H13F3OS. The minimum absolute atomic E-state index is 0.112. The quantitative estimate of drug-likeness (QED) is 0.733. The van der Waals surface area contributed by atoms with Crippen LogP contribution in [0.15, 0.2) is 0 Å². The van der Waals surface area contributed by atoms with Gasteiger partial charge in [0.25, 0.3) is 0 Å². The van der Waals surface area contributed by atoms with Gasteiger partial charge in [-0.25, -0.2) is 0 Å². The summed E-state index contributed by atoms with van der Waals surface area (Å²) in [5.41, 5.74) is -4.27. The predicted molar refractivity (Wildman–Crippen MR) is 50.1 cm³/mol. The lowest BCUT2D eigenvalue weighted by Crippen LogP contribution is -2.21. The summed E-state index contributed by atoms with van der Waals surface area (Å²) in [5.74, 6) is -0.751. The van der Waals surface area contributed by atoms with Gasteiger partial charge < -0.3 is 0 Å². The molecule has 0 aliphatic heterocycles. The van der Waals surface area contributed by atoms with E-state index in [9.17, 15) is 18.0 Å². The van der Waals surface area contributed by atoms with Crippen LogP contribution < -0.4 is 0 Å². The van der Waals surface area contributed by atoms with Gasteiger partial charge in [0.1, 0.15) is 5.78 Å². The summed E-state index contributed by atoms with van der Waals surface area (Å²) < 4.78 is 35.4. The molecule has 1 fully saturated rings. The maximum absolute atomic E-state index is 11.8. The first kappa shape index (κ1) is 11.9. The zero-order valence-electron chi connectivity index (χ0n) is 7.77. The van der Waals surface area contributed by atoms with Gasteiger partial charge in [-0.05, 0) is 24.6 Å². The first-order valence-corrected chi connectivity index (χ1v) is 5.71. The van der Waals surface area contributed by atoms with Crippen LogP contribution in [-0.2, 0) is 4.79 Å². The van der Waals surface area contributed by atoms with Crippen LogP contribution in [0.1, 0.15) is 32.1 Å². The van der Waals surface area contributed by atoms with E-state index in [0.717, 1.165) is 32.1 Å². The molecule has 0 atom stereocenters. The molecule has 1 aliphatic rings. The zero-order chi connectivity index (χ0) is 10.6. The Bertz CT molecular complexity index is 197. The number of carbonyl (C=O) groups is 1. The van der Waals surface area contributed by atoms with E-state index in [0.29, 0.717) is 0 Å². The Morgan fingerprint density at radius 3 is 2.29 bits per heavy atom. The summed E-state index contributed by atoms with van der Waals surface area (Å²) in [7, 11) is 0. The second-order valence-corrected chi connectivity index (χ2v) is 4.58. The molecule has 0 aromatic heterocycles. The van der Waals surface area contributed by atoms with Crippen molar-refractivity contribution in [3.63, 3.8) is 0 Å². The molecule has 82 valence electrons. The fourth-order valence-corrected chi connectivity index (χ4v) is 2.24. The Kier molecular flexibility index (Phi) is 4.29. The maximum atomic E-state index is 11.8. The standard InChI is InChI=1S/C9H13F3OS/c10-9(11,12)14-6-8(13)7-4-2-1-3-5-7/h7H,1-6H2. The highest BCUT2D eigenvalue weighted by Crippen LogP contribution is 2.32. The molecule has 0 amide bonds. The number of hydrogen-bond donors (Lipinski definition) is 0. The molecule has 1 saturated carbocycles. The summed E-state index contributed by atoms with van der Waals surface area (Å²) in [6, 6.07) is 0. The van der Waals surface area contributed by atoms with Crippen LogP contribution >= 0.6 is 11.8 Å². The van der Waals surface area contributed by atoms with Gasteiger partial charge in [0.05, 0.1) is 5.75 Å². The van der Waals surface area contributed by atoms with E-state index in [1.807, 2.05) is 0 Å². The summed E-state index contributed by atoms with van der Waals surface area (Å²) in [4.78, 5) is 11.3. The van der Waals surface area contributed by atoms with E-state index in [1.54, 1.807) is 0 Å². The molecule has 0 spiro atoms. The van der Waals surface area contributed by atoms with Crippen molar-refractivity contribution < 1.29 is 18.0 Å². The van der Waals surface area contributed by atoms with Crippen molar-refractivity contribution in [3.8, 4) is 0 Å². The summed E-state index contributed by atoms with van der Waals surface area (Å²) in [5, 5.41) is 0. The monoisotopic (exact) mass is 226 g/mol. The van der Waals surface area contributed by atoms with Crippen molar-refractivity contribution in [2.24, 2.45) is 5.92 Å². The van der Waals surface area contributed by atoms with Crippen molar-refractivity contribution in [2.45, 2.75) is 37.6 Å². The van der Waals surface area contributed by atoms with Crippen LogP contribution in [0.3, 0.4) is 0 Å². The van der Waals surface area contributed by atoms with Gasteiger partial charge in [0.2, 0.25) is 0 Å². The normalized spacial score (nSPS) is 19.6. The molecule has 0 aromatic carbocycles. The molecule has 1 nitrogen and oxygen atoms in total. The highest BCUT2D eigenvalue weighted by molar-refractivity contribution is 8.00. The van der Waals surface area contributed by atoms with Crippen LogP contribution in [0.2, 0.25) is 0 Å². The Labute approximate surface area is 85.4 Å². The second-order valence-electron chi connectivity index (χ2n) is 3.54. The van der Waals surface area contributed by atoms with Gasteiger partial charge in [0, 0.05) is 5.92 Å². The summed E-state index contributed by atoms with van der Waals surface area (Å²) >= 11 is -0.214. The maximum Gasteiger partial charge on any atom is 0.442 e. The van der Waals surface area contributed by atoms with E-state index < -0.39 is 11.3 Å². The smallest absolute Gasteiger partial charge is 0.298 e. The Hall–Kier alpha value is -0.190. The predicted octanol–water partition coefficient (Wildman–Crippen LogP) is 3.39. The average molecular weight is 226 g/mol. The fourth-order valence-electron chi connectivity index (χ4n) is 1.70. The Balaban J connectivity index is 2.27. The molecule has 1 rings (SSSR count). The van der Waals surface area contributed by atoms with E-state index in [2.05, 4.69) is 0 Å². The number of Topliss-reactive ketones (excluding diaryl/α,β-unsaturated/α-hetero) is 1. The Morgan fingerprint density at radius 2 is 1.79 bits per heavy atom. The van der Waals surface area contributed by atoms with Crippen LogP contribution in [0.5, 0.6) is 0 Å². The van der Waals surface area contributed by atoms with Crippen LogP contribution in [0.4, 0.5) is 13.2 Å². The number of carbonyl (C=O) groups excluding carboxylic acids is 1. The average Bonchev–Trinajstić information content (AvgIpc) is 2.14. The molecule has 5 heteroatoms. The molecular weight excluding hydrogens is 213 g/mol. The van der Waals surface area contributed by atoms with Crippen molar-refractivity contribution in [1.82, 2.24) is 0 Å². The lowest BCUT2D eigenvalue weighted by atomic mass is 9.87. The minimum Gasteiger partial charge on any atom is -0.298 e. The number of alkyl halides is 3. The topological polar surface area (TPSA) is 17.1 Å². The SMILES string of the molecule is O=C(CSC(F)(F)F)C1CCCCC1.